The molecule has 0 aliphatic rings. The Bertz CT molecular complexity index is 449. The van der Waals surface area contributed by atoms with E-state index in [0.717, 1.165) is 11.4 Å². The maximum Gasteiger partial charge on any atom is 0.0777 e. The standard InChI is InChI=1S/C14H17N3/c1-11(2)12-3-5-13(6-4-12)17-10-14-9-15-7-8-16-14/h3-9,11,17H,10H2,1-2H3. The summed E-state index contributed by atoms with van der Waals surface area (Å²) in [6.07, 6.45) is 5.16. The molecule has 0 spiro atoms. The molecule has 88 valence electrons. The van der Waals surface area contributed by atoms with E-state index in [4.69, 9.17) is 0 Å². The van der Waals surface area contributed by atoms with Crippen molar-refractivity contribution in [3.05, 3.63) is 54.1 Å². The minimum Gasteiger partial charge on any atom is -0.379 e. The normalized spacial score (nSPS) is 10.5. The van der Waals surface area contributed by atoms with E-state index in [0.29, 0.717) is 12.5 Å². The van der Waals surface area contributed by atoms with Gasteiger partial charge < -0.3 is 5.32 Å². The third-order valence-electron chi connectivity index (χ3n) is 2.67. The van der Waals surface area contributed by atoms with Crippen LogP contribution in [0.25, 0.3) is 0 Å². The van der Waals surface area contributed by atoms with Gasteiger partial charge in [-0.1, -0.05) is 26.0 Å². The molecule has 0 fully saturated rings. The van der Waals surface area contributed by atoms with Gasteiger partial charge in [-0.3, -0.25) is 9.97 Å². The number of aromatic nitrogens is 2. The zero-order chi connectivity index (χ0) is 12.1. The molecule has 0 unspecified atom stereocenters. The summed E-state index contributed by atoms with van der Waals surface area (Å²) in [5.74, 6) is 0.573. The third-order valence-corrected chi connectivity index (χ3v) is 2.67. The van der Waals surface area contributed by atoms with Crippen molar-refractivity contribution in [2.45, 2.75) is 26.3 Å². The Balaban J connectivity index is 1.96. The van der Waals surface area contributed by atoms with E-state index in [2.05, 4.69) is 53.4 Å². The van der Waals surface area contributed by atoms with Crippen LogP contribution in [0.2, 0.25) is 0 Å². The smallest absolute Gasteiger partial charge is 0.0777 e. The highest BCUT2D eigenvalue weighted by atomic mass is 14.9. The van der Waals surface area contributed by atoms with E-state index in [1.807, 2.05) is 0 Å². The Kier molecular flexibility index (Phi) is 3.70. The van der Waals surface area contributed by atoms with Gasteiger partial charge in [-0.05, 0) is 23.6 Å². The summed E-state index contributed by atoms with van der Waals surface area (Å²) in [5, 5.41) is 3.32. The molecule has 0 radical (unpaired) electrons. The molecule has 0 saturated carbocycles. The van der Waals surface area contributed by atoms with Crippen molar-refractivity contribution in [3.63, 3.8) is 0 Å². The van der Waals surface area contributed by atoms with Gasteiger partial charge in [0.25, 0.3) is 0 Å². The average Bonchev–Trinajstić information content (AvgIpc) is 2.38. The molecule has 0 aliphatic heterocycles. The van der Waals surface area contributed by atoms with Crippen LogP contribution >= 0.6 is 0 Å². The monoisotopic (exact) mass is 227 g/mol. The van der Waals surface area contributed by atoms with Gasteiger partial charge in [0.1, 0.15) is 0 Å². The van der Waals surface area contributed by atoms with E-state index in [9.17, 15) is 0 Å². The molecule has 1 aromatic heterocycles. The minimum absolute atomic E-state index is 0.573. The van der Waals surface area contributed by atoms with Gasteiger partial charge in [-0.15, -0.1) is 0 Å². The van der Waals surface area contributed by atoms with E-state index in [1.54, 1.807) is 18.6 Å². The fraction of sp³-hybridized carbons (Fsp3) is 0.286. The maximum atomic E-state index is 4.21. The number of benzene rings is 1. The SMILES string of the molecule is CC(C)c1ccc(NCc2cnccn2)cc1. The highest BCUT2D eigenvalue weighted by Crippen LogP contribution is 2.17. The Morgan fingerprint density at radius 3 is 2.47 bits per heavy atom. The lowest BCUT2D eigenvalue weighted by Gasteiger charge is -2.08. The van der Waals surface area contributed by atoms with Gasteiger partial charge in [0.05, 0.1) is 18.4 Å². The fourth-order valence-corrected chi connectivity index (χ4v) is 1.60. The molecule has 3 heteroatoms. The highest BCUT2D eigenvalue weighted by molar-refractivity contribution is 5.45. The molecule has 0 bridgehead atoms. The fourth-order valence-electron chi connectivity index (χ4n) is 1.60. The number of rotatable bonds is 4. The summed E-state index contributed by atoms with van der Waals surface area (Å²) >= 11 is 0. The van der Waals surface area contributed by atoms with Gasteiger partial charge in [-0.2, -0.15) is 0 Å². The first kappa shape index (κ1) is 11.6. The maximum absolute atomic E-state index is 4.21. The van der Waals surface area contributed by atoms with E-state index in [-0.39, 0.29) is 0 Å². The third kappa shape index (κ3) is 3.28. The van der Waals surface area contributed by atoms with Crippen LogP contribution in [0, 0.1) is 0 Å². The number of hydrogen-bond donors (Lipinski definition) is 1. The van der Waals surface area contributed by atoms with Crippen molar-refractivity contribution in [1.82, 2.24) is 9.97 Å². The van der Waals surface area contributed by atoms with Crippen LogP contribution in [0.1, 0.15) is 31.0 Å². The molecule has 2 aromatic rings. The van der Waals surface area contributed by atoms with Gasteiger partial charge in [0.15, 0.2) is 0 Å². The van der Waals surface area contributed by atoms with Crippen molar-refractivity contribution in [2.24, 2.45) is 0 Å². The van der Waals surface area contributed by atoms with E-state index >= 15 is 0 Å². The lowest BCUT2D eigenvalue weighted by atomic mass is 10.0. The molecule has 0 saturated heterocycles. The number of anilines is 1. The van der Waals surface area contributed by atoms with Crippen molar-refractivity contribution in [2.75, 3.05) is 5.32 Å². The largest absolute Gasteiger partial charge is 0.379 e. The zero-order valence-electron chi connectivity index (χ0n) is 10.2. The molecule has 0 aliphatic carbocycles. The summed E-state index contributed by atoms with van der Waals surface area (Å²) in [7, 11) is 0. The van der Waals surface area contributed by atoms with Gasteiger partial charge >= 0.3 is 0 Å². The molecule has 0 amide bonds. The van der Waals surface area contributed by atoms with Gasteiger partial charge in [0, 0.05) is 18.1 Å². The predicted octanol–water partition coefficient (Wildman–Crippen LogP) is 3.21. The molecule has 2 rings (SSSR count). The second-order valence-corrected chi connectivity index (χ2v) is 4.33. The molecule has 1 heterocycles. The zero-order valence-corrected chi connectivity index (χ0v) is 10.2. The first-order valence-corrected chi connectivity index (χ1v) is 5.84. The van der Waals surface area contributed by atoms with Crippen LogP contribution in [-0.2, 0) is 6.54 Å². The van der Waals surface area contributed by atoms with Crippen molar-refractivity contribution < 1.29 is 0 Å². The minimum atomic E-state index is 0.573. The molecular formula is C14H17N3. The van der Waals surface area contributed by atoms with E-state index in [1.165, 1.54) is 5.56 Å². The Morgan fingerprint density at radius 2 is 1.88 bits per heavy atom. The lowest BCUT2D eigenvalue weighted by molar-refractivity contribution is 0.866. The molecule has 17 heavy (non-hydrogen) atoms. The quantitative estimate of drug-likeness (QED) is 0.871. The highest BCUT2D eigenvalue weighted by Gasteiger charge is 1.99. The first-order valence-electron chi connectivity index (χ1n) is 5.84. The Morgan fingerprint density at radius 1 is 1.12 bits per heavy atom. The van der Waals surface area contributed by atoms with Crippen LogP contribution in [0.4, 0.5) is 5.69 Å². The van der Waals surface area contributed by atoms with Crippen LogP contribution in [0.5, 0.6) is 0 Å². The summed E-state index contributed by atoms with van der Waals surface area (Å²) in [6, 6.07) is 8.52. The Labute approximate surface area is 102 Å². The van der Waals surface area contributed by atoms with Gasteiger partial charge in [-0.25, -0.2) is 0 Å². The van der Waals surface area contributed by atoms with Crippen molar-refractivity contribution in [3.8, 4) is 0 Å². The van der Waals surface area contributed by atoms with Crippen molar-refractivity contribution >= 4 is 5.69 Å². The van der Waals surface area contributed by atoms with Crippen molar-refractivity contribution in [1.29, 1.82) is 0 Å². The van der Waals surface area contributed by atoms with Crippen LogP contribution < -0.4 is 5.32 Å². The lowest BCUT2D eigenvalue weighted by Crippen LogP contribution is -2.01. The molecule has 3 nitrogen and oxygen atoms in total. The van der Waals surface area contributed by atoms with Crippen LogP contribution in [-0.4, -0.2) is 9.97 Å². The number of nitrogens with zero attached hydrogens (tertiary/aromatic N) is 2. The van der Waals surface area contributed by atoms with Gasteiger partial charge in [0.2, 0.25) is 0 Å². The van der Waals surface area contributed by atoms with Crippen LogP contribution in [0.15, 0.2) is 42.9 Å². The number of nitrogens with one attached hydrogen (secondary N) is 1. The summed E-state index contributed by atoms with van der Waals surface area (Å²) in [5.41, 5.74) is 3.41. The number of hydrogen-bond acceptors (Lipinski definition) is 3. The topological polar surface area (TPSA) is 37.8 Å². The van der Waals surface area contributed by atoms with Crippen LogP contribution in [0.3, 0.4) is 0 Å². The molecule has 1 aromatic carbocycles. The Hall–Kier alpha value is -1.90. The summed E-state index contributed by atoms with van der Waals surface area (Å²) in [6.45, 7) is 5.10. The first-order chi connectivity index (χ1) is 8.25. The molecule has 1 N–H and O–H groups in total. The second kappa shape index (κ2) is 5.43. The molecular weight excluding hydrogens is 210 g/mol. The summed E-state index contributed by atoms with van der Waals surface area (Å²) < 4.78 is 0. The second-order valence-electron chi connectivity index (χ2n) is 4.33. The predicted molar refractivity (Wildman–Crippen MR) is 69.9 cm³/mol. The average molecular weight is 227 g/mol. The summed E-state index contributed by atoms with van der Waals surface area (Å²) in [4.78, 5) is 8.25. The van der Waals surface area contributed by atoms with E-state index < -0.39 is 0 Å². The molecule has 0 atom stereocenters.